The molecule has 0 aliphatic rings. The molecule has 34 heavy (non-hydrogen) atoms. The van der Waals surface area contributed by atoms with E-state index in [0.717, 1.165) is 0 Å². The molecule has 3 aromatic rings. The van der Waals surface area contributed by atoms with Gasteiger partial charge in [0.25, 0.3) is 11.6 Å². The van der Waals surface area contributed by atoms with Crippen LogP contribution in [0.4, 0.5) is 11.6 Å². The van der Waals surface area contributed by atoms with Crippen LogP contribution < -0.4 is 10.6 Å². The Morgan fingerprint density at radius 2 is 1.91 bits per heavy atom. The summed E-state index contributed by atoms with van der Waals surface area (Å²) in [5.41, 5.74) is 0.0140. The Bertz CT molecular complexity index is 1170. The average molecular weight is 485 g/mol. The van der Waals surface area contributed by atoms with E-state index in [-0.39, 0.29) is 34.8 Å². The highest BCUT2D eigenvalue weighted by Gasteiger charge is 2.26. The fourth-order valence-electron chi connectivity index (χ4n) is 3.10. The summed E-state index contributed by atoms with van der Waals surface area (Å²) in [5.74, 6) is 0.0313. The van der Waals surface area contributed by atoms with Crippen LogP contribution in [0.25, 0.3) is 0 Å². The predicted octanol–water partition coefficient (Wildman–Crippen LogP) is 2.85. The summed E-state index contributed by atoms with van der Waals surface area (Å²) in [6.07, 6.45) is 3.06. The molecular weight excluding hydrogens is 460 g/mol. The Morgan fingerprint density at radius 3 is 2.56 bits per heavy atom. The number of thioether (sulfide) groups is 1. The number of nitrogens with one attached hydrogen (secondary N) is 2. The molecule has 2 aromatic heterocycles. The van der Waals surface area contributed by atoms with Gasteiger partial charge in [-0.15, -0.1) is 10.2 Å². The summed E-state index contributed by atoms with van der Waals surface area (Å²) in [6.45, 7) is 6.28. The Morgan fingerprint density at radius 1 is 1.18 bits per heavy atom. The summed E-state index contributed by atoms with van der Waals surface area (Å²) >= 11 is 1.20. The summed E-state index contributed by atoms with van der Waals surface area (Å²) in [4.78, 5) is 43.5. The molecule has 2 N–H and O–H groups in total. The van der Waals surface area contributed by atoms with E-state index in [1.54, 1.807) is 6.07 Å². The van der Waals surface area contributed by atoms with Crippen LogP contribution >= 0.6 is 11.8 Å². The fourth-order valence-corrected chi connectivity index (χ4v) is 3.91. The molecule has 0 spiro atoms. The van der Waals surface area contributed by atoms with Gasteiger partial charge in [-0.25, -0.2) is 9.97 Å². The monoisotopic (exact) mass is 484 g/mol. The number of non-ortho nitro benzene ring substituents is 1. The molecular formula is C21H24N8O4S. The second-order valence-electron chi connectivity index (χ2n) is 7.50. The number of nitro benzene ring substituents is 1. The number of anilines is 1. The van der Waals surface area contributed by atoms with Crippen LogP contribution in [0.3, 0.4) is 0 Å². The molecule has 1 aromatic carbocycles. The number of hydrogen-bond donors (Lipinski definition) is 2. The number of carbonyl (C=O) groups is 2. The third-order valence-corrected chi connectivity index (χ3v) is 5.73. The lowest BCUT2D eigenvalue weighted by molar-refractivity contribution is -0.384. The molecule has 0 radical (unpaired) electrons. The van der Waals surface area contributed by atoms with Crippen molar-refractivity contribution in [2.45, 2.75) is 38.5 Å². The van der Waals surface area contributed by atoms with Crippen LogP contribution in [0.2, 0.25) is 0 Å². The summed E-state index contributed by atoms with van der Waals surface area (Å²) in [6, 6.07) is 6.69. The maximum atomic E-state index is 12.8. The minimum Gasteiger partial charge on any atom is -0.342 e. The van der Waals surface area contributed by atoms with Gasteiger partial charge < -0.3 is 9.88 Å². The van der Waals surface area contributed by atoms with Crippen molar-refractivity contribution in [3.63, 3.8) is 0 Å². The molecule has 0 unspecified atom stereocenters. The highest BCUT2D eigenvalue weighted by Crippen LogP contribution is 2.26. The molecule has 178 valence electrons. The first-order valence-corrected chi connectivity index (χ1v) is 11.5. The predicted molar refractivity (Wildman–Crippen MR) is 125 cm³/mol. The van der Waals surface area contributed by atoms with E-state index in [4.69, 9.17) is 0 Å². The number of rotatable bonds is 10. The molecule has 3 rings (SSSR count). The zero-order valence-corrected chi connectivity index (χ0v) is 19.7. The van der Waals surface area contributed by atoms with Crippen molar-refractivity contribution in [2.75, 3.05) is 11.1 Å². The molecule has 1 atom stereocenters. The van der Waals surface area contributed by atoms with Gasteiger partial charge in [0.2, 0.25) is 11.9 Å². The van der Waals surface area contributed by atoms with Gasteiger partial charge in [0, 0.05) is 36.6 Å². The second-order valence-corrected chi connectivity index (χ2v) is 8.44. The molecule has 12 nitrogen and oxygen atoms in total. The normalized spacial score (nSPS) is 11.8. The Hall–Kier alpha value is -3.87. The van der Waals surface area contributed by atoms with E-state index < -0.39 is 16.9 Å². The lowest BCUT2D eigenvalue weighted by Crippen LogP contribution is -2.33. The molecule has 2 amide bonds. The van der Waals surface area contributed by atoms with Crippen LogP contribution in [0.15, 0.2) is 47.9 Å². The van der Waals surface area contributed by atoms with Gasteiger partial charge in [-0.1, -0.05) is 31.7 Å². The second kappa shape index (κ2) is 11.3. The van der Waals surface area contributed by atoms with E-state index in [0.29, 0.717) is 17.5 Å². The first kappa shape index (κ1) is 24.8. The lowest BCUT2D eigenvalue weighted by Gasteiger charge is -2.22. The zero-order valence-electron chi connectivity index (χ0n) is 18.8. The maximum Gasteiger partial charge on any atom is 0.270 e. The molecule has 0 fully saturated rings. The Kier molecular flexibility index (Phi) is 8.24. The van der Waals surface area contributed by atoms with Crippen LogP contribution in [0.5, 0.6) is 0 Å². The van der Waals surface area contributed by atoms with Crippen LogP contribution in [0.1, 0.15) is 43.0 Å². The minimum absolute atomic E-state index is 0.0477. The van der Waals surface area contributed by atoms with Crippen molar-refractivity contribution in [1.29, 1.82) is 0 Å². The highest BCUT2D eigenvalue weighted by molar-refractivity contribution is 7.99. The molecule has 0 saturated carbocycles. The van der Waals surface area contributed by atoms with Crippen LogP contribution in [-0.4, -0.2) is 47.2 Å². The largest absolute Gasteiger partial charge is 0.342 e. The van der Waals surface area contributed by atoms with E-state index in [9.17, 15) is 19.7 Å². The number of aromatic nitrogens is 5. The van der Waals surface area contributed by atoms with Crippen molar-refractivity contribution in [3.8, 4) is 0 Å². The molecule has 0 saturated heterocycles. The standard InChI is InChI=1S/C21H24N8O4S/c1-4-28-18(26-27-21(28)34-12-16(30)24-20-22-9-6-10-23-20)17(13(2)3)25-19(31)14-7-5-8-15(11-14)29(32)33/h5-11,13,17H,4,12H2,1-3H3,(H,25,31)(H,22,23,24,30)/t17-/m0/s1. The van der Waals surface area contributed by atoms with Gasteiger partial charge >= 0.3 is 0 Å². The van der Waals surface area contributed by atoms with Gasteiger partial charge in [-0.05, 0) is 25.0 Å². The Labute approximate surface area is 199 Å². The smallest absolute Gasteiger partial charge is 0.270 e. The van der Waals surface area contributed by atoms with Crippen molar-refractivity contribution in [1.82, 2.24) is 30.0 Å². The van der Waals surface area contributed by atoms with Crippen molar-refractivity contribution in [3.05, 3.63) is 64.2 Å². The maximum absolute atomic E-state index is 12.8. The van der Waals surface area contributed by atoms with Crippen molar-refractivity contribution < 1.29 is 14.5 Å². The van der Waals surface area contributed by atoms with Gasteiger partial charge in [-0.2, -0.15) is 0 Å². The number of hydrogen-bond acceptors (Lipinski definition) is 9. The number of amides is 2. The number of nitro groups is 1. The molecule has 2 heterocycles. The summed E-state index contributed by atoms with van der Waals surface area (Å²) in [7, 11) is 0. The summed E-state index contributed by atoms with van der Waals surface area (Å²) in [5, 5.41) is 25.6. The van der Waals surface area contributed by atoms with Gasteiger partial charge in [0.05, 0.1) is 16.7 Å². The van der Waals surface area contributed by atoms with Gasteiger partial charge in [0.15, 0.2) is 11.0 Å². The van der Waals surface area contributed by atoms with Gasteiger partial charge in [-0.3, -0.25) is 25.0 Å². The SMILES string of the molecule is CCn1c(SCC(=O)Nc2ncccn2)nnc1[C@@H](NC(=O)c1cccc([N+](=O)[O-])c1)C(C)C. The first-order valence-electron chi connectivity index (χ1n) is 10.5. The molecule has 0 aliphatic carbocycles. The third-order valence-electron chi connectivity index (χ3n) is 4.76. The molecule has 13 heteroatoms. The van der Waals surface area contributed by atoms with E-state index >= 15 is 0 Å². The minimum atomic E-state index is -0.548. The zero-order chi connectivity index (χ0) is 24.7. The summed E-state index contributed by atoms with van der Waals surface area (Å²) < 4.78 is 1.83. The topological polar surface area (TPSA) is 158 Å². The highest BCUT2D eigenvalue weighted by atomic mass is 32.2. The molecule has 0 aliphatic heterocycles. The van der Waals surface area contributed by atoms with Crippen LogP contribution in [-0.2, 0) is 11.3 Å². The van der Waals surface area contributed by atoms with E-state index in [1.807, 2.05) is 25.3 Å². The quantitative estimate of drug-likeness (QED) is 0.251. The lowest BCUT2D eigenvalue weighted by atomic mass is 10.0. The van der Waals surface area contributed by atoms with Crippen LogP contribution in [0, 0.1) is 16.0 Å². The molecule has 0 bridgehead atoms. The number of benzene rings is 1. The fraction of sp³-hybridized carbons (Fsp3) is 0.333. The first-order chi connectivity index (χ1) is 16.3. The van der Waals surface area contributed by atoms with E-state index in [2.05, 4.69) is 30.8 Å². The third kappa shape index (κ3) is 6.13. The van der Waals surface area contributed by atoms with Crippen molar-refractivity contribution >= 4 is 35.2 Å². The number of nitrogens with zero attached hydrogens (tertiary/aromatic N) is 6. The van der Waals surface area contributed by atoms with Gasteiger partial charge in [0.1, 0.15) is 0 Å². The van der Waals surface area contributed by atoms with Crippen molar-refractivity contribution in [2.24, 2.45) is 5.92 Å². The average Bonchev–Trinajstić information content (AvgIpc) is 3.24. The van der Waals surface area contributed by atoms with E-state index in [1.165, 1.54) is 48.4 Å². The number of carbonyl (C=O) groups excluding carboxylic acids is 2. The Balaban J connectivity index is 1.73.